The number of carboxylic acid groups (broad SMARTS) is 2. The van der Waals surface area contributed by atoms with Crippen LogP contribution in [0.5, 0.6) is 0 Å². The maximum absolute atomic E-state index is 8.33. The van der Waals surface area contributed by atoms with Crippen LogP contribution in [-0.2, 0) is 39.0 Å². The summed E-state index contributed by atoms with van der Waals surface area (Å²) in [5, 5.41) is 16.7. The molecule has 0 saturated heterocycles. The molecule has 0 fully saturated rings. The van der Waals surface area contributed by atoms with E-state index < -0.39 is 6.16 Å². The van der Waals surface area contributed by atoms with E-state index in [0.717, 1.165) is 0 Å². The van der Waals surface area contributed by atoms with Crippen molar-refractivity contribution in [2.45, 2.75) is 0 Å². The van der Waals surface area contributed by atoms with Crippen LogP contribution in [0, 0.1) is 0 Å². The van der Waals surface area contributed by atoms with Crippen LogP contribution < -0.4 is 10.2 Å². The van der Waals surface area contributed by atoms with E-state index >= 15 is 0 Å². The van der Waals surface area contributed by atoms with Crippen molar-refractivity contribution in [2.24, 2.45) is 0 Å². The Balaban J connectivity index is -0.00000000750. The second-order valence-electron chi connectivity index (χ2n) is 0.250. The SMILES string of the molecule is O.O.O=C([O-])[O-].[Zn+2].[Zn]. The van der Waals surface area contributed by atoms with Crippen LogP contribution in [0.25, 0.3) is 0 Å². The maximum Gasteiger partial charge on any atom is 2.00 e. The zero-order chi connectivity index (χ0) is 3.58. The van der Waals surface area contributed by atoms with Crippen LogP contribution in [-0.4, -0.2) is 17.1 Å². The zero-order valence-corrected chi connectivity index (χ0v) is 10.1. The van der Waals surface area contributed by atoms with Gasteiger partial charge >= 0.3 is 19.5 Å². The standard InChI is InChI=1S/CH2O3.2H2O.2Zn/c2-1(3)4;;;;/h(H2,2,3,4);2*1H2;;/q;;;;+2/p-2. The number of carbonyl (C=O) groups excluding carboxylic acids is 1. The van der Waals surface area contributed by atoms with Gasteiger partial charge in [0.2, 0.25) is 0 Å². The van der Waals surface area contributed by atoms with E-state index in [1.54, 1.807) is 0 Å². The smallest absolute Gasteiger partial charge is 0.652 e. The van der Waals surface area contributed by atoms with Gasteiger partial charge < -0.3 is 26.0 Å². The van der Waals surface area contributed by atoms with Crippen LogP contribution >= 0.6 is 0 Å². The quantitative estimate of drug-likeness (QED) is 0.390. The predicted octanol–water partition coefficient (Wildman–Crippen LogP) is -4.10. The summed E-state index contributed by atoms with van der Waals surface area (Å²) in [4.78, 5) is 8.33. The first-order chi connectivity index (χ1) is 1.73. The average Bonchev–Trinajstić information content (AvgIpc) is 0.811. The van der Waals surface area contributed by atoms with Crippen LogP contribution in [0.3, 0.4) is 0 Å². The van der Waals surface area contributed by atoms with Crippen LogP contribution in [0.4, 0.5) is 4.79 Å². The molecule has 0 spiro atoms. The minimum atomic E-state index is -2.33. The Bertz CT molecular complexity index is 33.4. The fraction of sp³-hybridized carbons (Fsp3) is 0. The molecule has 4 N–H and O–H groups in total. The number of hydrogen-bond acceptors (Lipinski definition) is 3. The molecule has 42 valence electrons. The van der Waals surface area contributed by atoms with E-state index in [9.17, 15) is 0 Å². The fourth-order valence-electron chi connectivity index (χ4n) is 0. The first-order valence-electron chi connectivity index (χ1n) is 0.612. The summed E-state index contributed by atoms with van der Waals surface area (Å²) in [5.41, 5.74) is 0. The van der Waals surface area contributed by atoms with Crippen LogP contribution in [0.15, 0.2) is 0 Å². The van der Waals surface area contributed by atoms with Crippen molar-refractivity contribution in [3.63, 3.8) is 0 Å². The van der Waals surface area contributed by atoms with Crippen LogP contribution in [0.2, 0.25) is 0 Å². The van der Waals surface area contributed by atoms with Crippen molar-refractivity contribution in [1.29, 1.82) is 0 Å². The zero-order valence-electron chi connectivity index (χ0n) is 4.14. The predicted molar refractivity (Wildman–Crippen MR) is 12.6 cm³/mol. The molecule has 0 amide bonds. The normalized spacial score (nSPS) is 3.00. The average molecular weight is 227 g/mol. The van der Waals surface area contributed by atoms with E-state index in [1.807, 2.05) is 0 Å². The van der Waals surface area contributed by atoms with Gasteiger partial charge in [0.05, 0.1) is 0 Å². The molecular formula is CH4O5Zn2. The van der Waals surface area contributed by atoms with Gasteiger partial charge in [-0.05, 0) is 6.16 Å². The van der Waals surface area contributed by atoms with Crippen molar-refractivity contribution < 1.29 is 64.9 Å². The van der Waals surface area contributed by atoms with E-state index in [-0.39, 0.29) is 49.9 Å². The minimum absolute atomic E-state index is 0. The maximum atomic E-state index is 8.33. The molecule has 0 rings (SSSR count). The molecule has 0 aliphatic carbocycles. The Labute approximate surface area is 71.2 Å². The fourth-order valence-corrected chi connectivity index (χ4v) is 0. The third-order valence-electron chi connectivity index (χ3n) is 0. The van der Waals surface area contributed by atoms with Crippen molar-refractivity contribution >= 4 is 6.16 Å². The van der Waals surface area contributed by atoms with Gasteiger partial charge in [-0.25, -0.2) is 0 Å². The Morgan fingerprint density at radius 3 is 1.12 bits per heavy atom. The molecule has 0 heterocycles. The van der Waals surface area contributed by atoms with E-state index in [4.69, 9.17) is 15.0 Å². The molecule has 0 aromatic carbocycles. The summed E-state index contributed by atoms with van der Waals surface area (Å²) >= 11 is 0. The summed E-state index contributed by atoms with van der Waals surface area (Å²) in [6, 6.07) is 0. The monoisotopic (exact) mass is 224 g/mol. The van der Waals surface area contributed by atoms with Gasteiger partial charge in [-0.3, -0.25) is 0 Å². The van der Waals surface area contributed by atoms with Gasteiger partial charge in [-0.1, -0.05) is 0 Å². The summed E-state index contributed by atoms with van der Waals surface area (Å²) in [7, 11) is 0. The topological polar surface area (TPSA) is 126 Å². The van der Waals surface area contributed by atoms with Crippen molar-refractivity contribution in [3.8, 4) is 0 Å². The van der Waals surface area contributed by atoms with Gasteiger partial charge in [0.15, 0.2) is 0 Å². The number of hydrogen-bond donors (Lipinski definition) is 0. The van der Waals surface area contributed by atoms with E-state index in [1.165, 1.54) is 0 Å². The first kappa shape index (κ1) is 39.5. The van der Waals surface area contributed by atoms with Gasteiger partial charge in [0.1, 0.15) is 0 Å². The Morgan fingerprint density at radius 1 is 1.12 bits per heavy atom. The Kier molecular flexibility index (Phi) is 129. The van der Waals surface area contributed by atoms with Crippen molar-refractivity contribution in [3.05, 3.63) is 0 Å². The molecule has 0 aliphatic heterocycles. The molecule has 0 saturated carbocycles. The molecule has 8 heavy (non-hydrogen) atoms. The van der Waals surface area contributed by atoms with Gasteiger partial charge in [0, 0.05) is 19.5 Å². The van der Waals surface area contributed by atoms with Gasteiger partial charge in [-0.2, -0.15) is 0 Å². The van der Waals surface area contributed by atoms with Gasteiger partial charge in [0.25, 0.3) is 0 Å². The molecule has 0 unspecified atom stereocenters. The molecule has 0 aromatic heterocycles. The Morgan fingerprint density at radius 2 is 1.12 bits per heavy atom. The third-order valence-corrected chi connectivity index (χ3v) is 0. The number of rotatable bonds is 0. The summed E-state index contributed by atoms with van der Waals surface area (Å²) in [6.45, 7) is 0. The molecule has 0 radical (unpaired) electrons. The third kappa shape index (κ3) is 997. The molecule has 0 bridgehead atoms. The second kappa shape index (κ2) is 26.1. The molecular weight excluding hydrogens is 223 g/mol. The van der Waals surface area contributed by atoms with Crippen LogP contribution in [0.1, 0.15) is 0 Å². The van der Waals surface area contributed by atoms with E-state index in [0.29, 0.717) is 0 Å². The summed E-state index contributed by atoms with van der Waals surface area (Å²) in [5.74, 6) is 0. The molecule has 0 aromatic rings. The van der Waals surface area contributed by atoms with E-state index in [2.05, 4.69) is 0 Å². The largest absolute Gasteiger partial charge is 2.00 e. The van der Waals surface area contributed by atoms with Crippen molar-refractivity contribution in [1.82, 2.24) is 0 Å². The Hall–Kier alpha value is 0.437. The summed E-state index contributed by atoms with van der Waals surface area (Å²) in [6.07, 6.45) is -2.33. The molecule has 5 nitrogen and oxygen atoms in total. The molecule has 7 heteroatoms. The second-order valence-corrected chi connectivity index (χ2v) is 0.250. The minimum Gasteiger partial charge on any atom is -0.652 e. The van der Waals surface area contributed by atoms with Gasteiger partial charge in [-0.15, -0.1) is 0 Å². The first-order valence-corrected chi connectivity index (χ1v) is 0.612. The van der Waals surface area contributed by atoms with Crippen molar-refractivity contribution in [2.75, 3.05) is 0 Å². The summed E-state index contributed by atoms with van der Waals surface area (Å²) < 4.78 is 0. The molecule has 0 atom stereocenters. The number of carbonyl (C=O) groups is 1. The molecule has 0 aliphatic rings.